The Kier molecular flexibility index (Phi) is 8.59. The first kappa shape index (κ1) is 40.6. The van der Waals surface area contributed by atoms with Gasteiger partial charge in [0.1, 0.15) is 11.6 Å². The first-order chi connectivity index (χ1) is 34.9. The Morgan fingerprint density at radius 1 is 0.324 bits per heavy atom. The molecule has 336 valence electrons. The molecule has 4 aromatic heterocycles. The summed E-state index contributed by atoms with van der Waals surface area (Å²) in [6, 6.07) is 64.8. The molecular weight excluding hydrogens is 898 g/mol. The number of aromatic nitrogens is 4. The minimum atomic E-state index is -2.28. The van der Waals surface area contributed by atoms with Crippen LogP contribution in [0.5, 0.6) is 0 Å². The third-order valence-corrected chi connectivity index (χ3v) is 14.2. The average Bonchev–Trinajstić information content (AvgIpc) is 4.15. The highest BCUT2D eigenvalue weighted by Gasteiger charge is 2.33. The minimum Gasteiger partial charge on any atom is -0.309 e. The van der Waals surface area contributed by atoms with E-state index in [9.17, 15) is 9.65 Å². The third-order valence-electron chi connectivity index (χ3n) is 14.2. The fourth-order valence-electron chi connectivity index (χ4n) is 11.4. The van der Waals surface area contributed by atoms with Gasteiger partial charge in [-0.3, -0.25) is 0 Å². The molecule has 0 N–H and O–H groups in total. The third kappa shape index (κ3) is 5.43. The predicted molar refractivity (Wildman–Crippen MR) is 274 cm³/mol. The first-order valence-electron chi connectivity index (χ1n) is 23.0. The molecule has 0 atom stereocenters. The van der Waals surface area contributed by atoms with Crippen molar-refractivity contribution < 1.29 is 22.0 Å². The molecule has 14 rings (SSSR count). The summed E-state index contributed by atoms with van der Waals surface area (Å²) in [6.45, 7) is 0. The molecule has 14 aromatic rings. The second-order valence-electron chi connectivity index (χ2n) is 17.7. The van der Waals surface area contributed by atoms with Crippen molar-refractivity contribution >= 4 is 87.2 Å². The standard InChI is InChI=1S/C61H32F5N5/c62-54-53(55(63)57(65)58(66)56(54)64)42-29-30-48(70-44-23-11-7-19-36(44)38-27-31-49-51(60(38)70)40-21-9-13-25-46(40)68(49)34-15-3-1-4-16-34)43(33-67)59(42)71-45-24-12-8-20-37(45)39-28-32-50-52(61(39)71)41-22-10-14-26-47(41)69(50)35-17-5-2-6-18-35/h1-32H. The second-order valence-corrected chi connectivity index (χ2v) is 17.7. The summed E-state index contributed by atoms with van der Waals surface area (Å²) in [5.74, 6) is -10.5. The molecule has 0 saturated carbocycles. The number of nitrogens with zero attached hydrogens (tertiary/aromatic N) is 5. The molecule has 0 amide bonds. The molecule has 0 spiro atoms. The van der Waals surface area contributed by atoms with Gasteiger partial charge in [-0.15, -0.1) is 0 Å². The van der Waals surface area contributed by atoms with Crippen molar-refractivity contribution in [3.8, 4) is 39.9 Å². The maximum absolute atomic E-state index is 16.7. The maximum Gasteiger partial charge on any atom is 0.200 e. The van der Waals surface area contributed by atoms with Gasteiger partial charge in [0.15, 0.2) is 23.3 Å². The molecule has 71 heavy (non-hydrogen) atoms. The van der Waals surface area contributed by atoms with Gasteiger partial charge in [-0.05, 0) is 72.8 Å². The van der Waals surface area contributed by atoms with Crippen molar-refractivity contribution in [1.29, 1.82) is 5.26 Å². The van der Waals surface area contributed by atoms with E-state index in [0.29, 0.717) is 16.7 Å². The van der Waals surface area contributed by atoms with Gasteiger partial charge in [0, 0.05) is 60.0 Å². The van der Waals surface area contributed by atoms with Gasteiger partial charge < -0.3 is 18.3 Å². The summed E-state index contributed by atoms with van der Waals surface area (Å²) in [5, 5.41) is 18.6. The fraction of sp³-hybridized carbons (Fsp3) is 0. The highest BCUT2D eigenvalue weighted by molar-refractivity contribution is 6.28. The minimum absolute atomic E-state index is 0.0618. The number of halogens is 5. The zero-order valence-corrected chi connectivity index (χ0v) is 37.1. The quantitative estimate of drug-likeness (QED) is 0.0963. The number of benzene rings is 10. The van der Waals surface area contributed by atoms with Gasteiger partial charge in [0.05, 0.1) is 61.1 Å². The van der Waals surface area contributed by atoms with E-state index in [4.69, 9.17) is 0 Å². The number of para-hydroxylation sites is 6. The topological polar surface area (TPSA) is 43.5 Å². The highest BCUT2D eigenvalue weighted by Crippen LogP contribution is 2.48. The normalized spacial score (nSPS) is 12.0. The van der Waals surface area contributed by atoms with Crippen molar-refractivity contribution in [2.24, 2.45) is 0 Å². The molecule has 5 nitrogen and oxygen atoms in total. The van der Waals surface area contributed by atoms with E-state index in [1.807, 2.05) is 162 Å². The van der Waals surface area contributed by atoms with Gasteiger partial charge in [-0.1, -0.05) is 121 Å². The lowest BCUT2D eigenvalue weighted by Crippen LogP contribution is -2.10. The van der Waals surface area contributed by atoms with E-state index in [2.05, 4.69) is 39.5 Å². The van der Waals surface area contributed by atoms with Crippen LogP contribution in [0.4, 0.5) is 22.0 Å². The number of rotatable bonds is 5. The van der Waals surface area contributed by atoms with Crippen molar-refractivity contribution in [2.75, 3.05) is 0 Å². The number of fused-ring (bicyclic) bond motifs is 14. The Morgan fingerprint density at radius 3 is 1.20 bits per heavy atom. The molecular formula is C61H32F5N5. The fourth-order valence-corrected chi connectivity index (χ4v) is 11.4. The Labute approximate surface area is 399 Å². The number of hydrogen-bond acceptors (Lipinski definition) is 1. The molecule has 0 fully saturated rings. The highest BCUT2D eigenvalue weighted by atomic mass is 19.2. The molecule has 0 aliphatic heterocycles. The van der Waals surface area contributed by atoms with E-state index in [0.717, 1.165) is 87.6 Å². The summed E-state index contributed by atoms with van der Waals surface area (Å²) in [7, 11) is 0. The molecule has 0 unspecified atom stereocenters. The lowest BCUT2D eigenvalue weighted by molar-refractivity contribution is 0.381. The molecule has 0 saturated heterocycles. The predicted octanol–water partition coefficient (Wildman–Crippen LogP) is 16.3. The zero-order chi connectivity index (χ0) is 47.8. The van der Waals surface area contributed by atoms with E-state index in [1.165, 1.54) is 6.07 Å². The van der Waals surface area contributed by atoms with Crippen LogP contribution < -0.4 is 0 Å². The SMILES string of the molecule is N#Cc1c(-n2c3ccccc3c3ccc4c(c5ccccc5n4-c4ccccc4)c32)ccc(-c2c(F)c(F)c(F)c(F)c2F)c1-n1c2ccccc2c2ccc3c(c4ccccc4n3-c3ccccc3)c21. The molecule has 0 radical (unpaired) electrons. The van der Waals surface area contributed by atoms with Gasteiger partial charge in [-0.25, -0.2) is 22.0 Å². The lowest BCUT2D eigenvalue weighted by Gasteiger charge is -2.21. The summed E-state index contributed by atoms with van der Waals surface area (Å²) in [4.78, 5) is 0. The van der Waals surface area contributed by atoms with Crippen LogP contribution >= 0.6 is 0 Å². The summed E-state index contributed by atoms with van der Waals surface area (Å²) in [6.07, 6.45) is 0. The zero-order valence-electron chi connectivity index (χ0n) is 37.1. The summed E-state index contributed by atoms with van der Waals surface area (Å²) < 4.78 is 87.7. The molecule has 0 bridgehead atoms. The van der Waals surface area contributed by atoms with Crippen molar-refractivity contribution in [1.82, 2.24) is 18.3 Å². The van der Waals surface area contributed by atoms with Crippen LogP contribution in [0.15, 0.2) is 194 Å². The van der Waals surface area contributed by atoms with E-state index in [-0.39, 0.29) is 16.8 Å². The Bertz CT molecular complexity index is 4620. The summed E-state index contributed by atoms with van der Waals surface area (Å²) in [5.41, 5.74) is 6.62. The van der Waals surface area contributed by atoms with Crippen LogP contribution in [-0.2, 0) is 0 Å². The first-order valence-corrected chi connectivity index (χ1v) is 23.0. The van der Waals surface area contributed by atoms with E-state index < -0.39 is 34.6 Å². The Morgan fingerprint density at radius 2 is 0.718 bits per heavy atom. The monoisotopic (exact) mass is 929 g/mol. The molecule has 10 heteroatoms. The van der Waals surface area contributed by atoms with Crippen molar-refractivity contribution in [3.63, 3.8) is 0 Å². The Balaban J connectivity index is 1.21. The van der Waals surface area contributed by atoms with Gasteiger partial charge in [-0.2, -0.15) is 5.26 Å². The summed E-state index contributed by atoms with van der Waals surface area (Å²) >= 11 is 0. The smallest absolute Gasteiger partial charge is 0.200 e. The van der Waals surface area contributed by atoms with Gasteiger partial charge in [0.2, 0.25) is 5.82 Å². The van der Waals surface area contributed by atoms with Gasteiger partial charge in [0.25, 0.3) is 0 Å². The molecule has 0 aliphatic carbocycles. The van der Waals surface area contributed by atoms with Crippen LogP contribution in [0.2, 0.25) is 0 Å². The van der Waals surface area contributed by atoms with E-state index >= 15 is 17.6 Å². The second kappa shape index (κ2) is 15.0. The molecule has 10 aromatic carbocycles. The average molecular weight is 930 g/mol. The van der Waals surface area contributed by atoms with E-state index in [1.54, 1.807) is 10.6 Å². The van der Waals surface area contributed by atoms with Crippen molar-refractivity contribution in [2.45, 2.75) is 0 Å². The van der Waals surface area contributed by atoms with Crippen LogP contribution in [0.25, 0.3) is 121 Å². The van der Waals surface area contributed by atoms with Crippen LogP contribution in [0, 0.1) is 40.4 Å². The van der Waals surface area contributed by atoms with Crippen LogP contribution in [0.3, 0.4) is 0 Å². The van der Waals surface area contributed by atoms with Crippen molar-refractivity contribution in [3.05, 3.63) is 229 Å². The molecule has 0 aliphatic rings. The number of nitriles is 1. The molecule has 4 heterocycles. The Hall–Kier alpha value is -9.46. The number of hydrogen-bond donors (Lipinski definition) is 0. The largest absolute Gasteiger partial charge is 0.309 e. The van der Waals surface area contributed by atoms with Crippen LogP contribution in [0.1, 0.15) is 5.56 Å². The van der Waals surface area contributed by atoms with Gasteiger partial charge >= 0.3 is 0 Å². The lowest BCUT2D eigenvalue weighted by atomic mass is 9.96. The van der Waals surface area contributed by atoms with Crippen LogP contribution in [-0.4, -0.2) is 18.3 Å². The maximum atomic E-state index is 16.7.